The van der Waals surface area contributed by atoms with Crippen molar-refractivity contribution in [2.24, 2.45) is 0 Å². The summed E-state index contributed by atoms with van der Waals surface area (Å²) < 4.78 is 10.7. The van der Waals surface area contributed by atoms with Crippen LogP contribution in [0.2, 0.25) is 10.0 Å². The Hall–Kier alpha value is -1.74. The molecule has 0 atom stereocenters. The van der Waals surface area contributed by atoms with Crippen LogP contribution < -0.4 is 4.74 Å². The van der Waals surface area contributed by atoms with Crippen molar-refractivity contribution < 1.29 is 19.4 Å². The first-order valence-electron chi connectivity index (χ1n) is 10.7. The van der Waals surface area contributed by atoms with E-state index in [1.165, 1.54) is 11.8 Å². The second kappa shape index (κ2) is 13.2. The van der Waals surface area contributed by atoms with Gasteiger partial charge in [-0.05, 0) is 29.8 Å². The molecule has 0 spiro atoms. The van der Waals surface area contributed by atoms with E-state index in [0.29, 0.717) is 41.9 Å². The number of methoxy groups -OCH3 is 1. The van der Waals surface area contributed by atoms with Gasteiger partial charge in [0.15, 0.2) is 0 Å². The van der Waals surface area contributed by atoms with Crippen molar-refractivity contribution in [3.8, 4) is 5.75 Å². The molecule has 9 heteroatoms. The fraction of sp³-hybridized carbons (Fsp3) is 0.375. The fourth-order valence-electron chi connectivity index (χ4n) is 3.39. The summed E-state index contributed by atoms with van der Waals surface area (Å²) in [5, 5.41) is 9.60. The van der Waals surface area contributed by atoms with Crippen molar-refractivity contribution in [3.63, 3.8) is 0 Å². The number of nitrogens with zero attached hydrogens (tertiary/aromatic N) is 2. The molecular formula is C24H28Cl2N2O4S. The average Bonchev–Trinajstić information content (AvgIpc) is 2.84. The summed E-state index contributed by atoms with van der Waals surface area (Å²) in [6.07, 6.45) is 3.26. The minimum atomic E-state index is -0.0501. The zero-order valence-electron chi connectivity index (χ0n) is 18.5. The molecule has 1 amide bonds. The average molecular weight is 511 g/mol. The van der Waals surface area contributed by atoms with E-state index in [1.807, 2.05) is 41.3 Å². The minimum absolute atomic E-state index is 0.0349. The molecule has 1 aliphatic rings. The van der Waals surface area contributed by atoms with Crippen molar-refractivity contribution >= 4 is 46.9 Å². The number of halogens is 2. The molecule has 1 heterocycles. The lowest BCUT2D eigenvalue weighted by Gasteiger charge is -2.34. The number of carbonyl (C=O) groups excluding carboxylic acids is 1. The highest BCUT2D eigenvalue weighted by Crippen LogP contribution is 2.42. The SMILES string of the molecule is COc1ccccc1Sc1ccc(C=CC(=O)N2CCN(CCOCCO)CC2)c(Cl)c1Cl. The van der Waals surface area contributed by atoms with E-state index in [0.717, 1.165) is 35.2 Å². The van der Waals surface area contributed by atoms with Gasteiger partial charge in [0.1, 0.15) is 5.75 Å². The van der Waals surface area contributed by atoms with Crippen LogP contribution in [-0.4, -0.2) is 80.5 Å². The number of ether oxygens (including phenoxy) is 2. The normalized spacial score (nSPS) is 14.7. The first-order valence-corrected chi connectivity index (χ1v) is 12.3. The van der Waals surface area contributed by atoms with Gasteiger partial charge in [-0.2, -0.15) is 0 Å². The Balaban J connectivity index is 1.57. The second-order valence-electron chi connectivity index (χ2n) is 7.37. The molecule has 1 fully saturated rings. The smallest absolute Gasteiger partial charge is 0.246 e. The lowest BCUT2D eigenvalue weighted by molar-refractivity contribution is -0.127. The highest BCUT2D eigenvalue weighted by Gasteiger charge is 2.19. The molecule has 0 bridgehead atoms. The third-order valence-corrected chi connectivity index (χ3v) is 7.37. The Morgan fingerprint density at radius 3 is 2.55 bits per heavy atom. The number of aliphatic hydroxyl groups is 1. The number of para-hydroxylation sites is 1. The topological polar surface area (TPSA) is 62.2 Å². The van der Waals surface area contributed by atoms with E-state index in [1.54, 1.807) is 19.3 Å². The van der Waals surface area contributed by atoms with Crippen molar-refractivity contribution in [1.29, 1.82) is 0 Å². The first kappa shape index (κ1) is 25.9. The monoisotopic (exact) mass is 510 g/mol. The van der Waals surface area contributed by atoms with E-state index < -0.39 is 0 Å². The van der Waals surface area contributed by atoms with Gasteiger partial charge in [-0.25, -0.2) is 0 Å². The maximum Gasteiger partial charge on any atom is 0.246 e. The standard InChI is InChI=1S/C24H28Cl2N2O4S/c1-31-19-4-2-3-5-20(19)33-21-8-6-18(23(25)24(21)26)7-9-22(30)28-12-10-27(11-13-28)14-16-32-17-15-29/h2-9,29H,10-17H2,1H3. The van der Waals surface area contributed by atoms with Gasteiger partial charge in [0, 0.05) is 43.7 Å². The van der Waals surface area contributed by atoms with Crippen LogP contribution in [0.5, 0.6) is 5.75 Å². The van der Waals surface area contributed by atoms with E-state index in [-0.39, 0.29) is 12.5 Å². The van der Waals surface area contributed by atoms with Gasteiger partial charge in [0.2, 0.25) is 5.91 Å². The van der Waals surface area contributed by atoms with Crippen LogP contribution in [0.25, 0.3) is 6.08 Å². The quantitative estimate of drug-likeness (QED) is 0.379. The Morgan fingerprint density at radius 1 is 1.06 bits per heavy atom. The van der Waals surface area contributed by atoms with Crippen LogP contribution >= 0.6 is 35.0 Å². The third kappa shape index (κ3) is 7.37. The summed E-state index contributed by atoms with van der Waals surface area (Å²) in [4.78, 5) is 18.5. The Bertz CT molecular complexity index is 965. The third-order valence-electron chi connectivity index (χ3n) is 5.24. The zero-order valence-corrected chi connectivity index (χ0v) is 20.8. The molecule has 3 rings (SSSR count). The van der Waals surface area contributed by atoms with Crippen LogP contribution in [0.4, 0.5) is 0 Å². The molecule has 2 aromatic rings. The summed E-state index contributed by atoms with van der Waals surface area (Å²) in [6.45, 7) is 4.68. The number of benzene rings is 2. The van der Waals surface area contributed by atoms with Crippen LogP contribution in [0, 0.1) is 0 Å². The summed E-state index contributed by atoms with van der Waals surface area (Å²) >= 11 is 14.5. The lowest BCUT2D eigenvalue weighted by atomic mass is 10.2. The number of amides is 1. The van der Waals surface area contributed by atoms with Crippen molar-refractivity contribution in [2.75, 3.05) is 59.7 Å². The van der Waals surface area contributed by atoms with Crippen molar-refractivity contribution in [2.45, 2.75) is 9.79 Å². The van der Waals surface area contributed by atoms with Crippen LogP contribution in [0.15, 0.2) is 52.3 Å². The number of piperazine rings is 1. The predicted octanol–water partition coefficient (Wildman–Crippen LogP) is 4.32. The van der Waals surface area contributed by atoms with Gasteiger partial charge in [0.25, 0.3) is 0 Å². The molecule has 1 aliphatic heterocycles. The highest BCUT2D eigenvalue weighted by molar-refractivity contribution is 7.99. The lowest BCUT2D eigenvalue weighted by Crippen LogP contribution is -2.49. The fourth-order valence-corrected chi connectivity index (χ4v) is 4.93. The van der Waals surface area contributed by atoms with Gasteiger partial charge in [-0.1, -0.05) is 53.2 Å². The zero-order chi connectivity index (χ0) is 23.6. The number of carbonyl (C=O) groups is 1. The first-order chi connectivity index (χ1) is 16.0. The summed E-state index contributed by atoms with van der Waals surface area (Å²) in [5.41, 5.74) is 0.694. The van der Waals surface area contributed by atoms with Gasteiger partial charge in [-0.15, -0.1) is 0 Å². The van der Waals surface area contributed by atoms with Gasteiger partial charge < -0.3 is 19.5 Å². The van der Waals surface area contributed by atoms with Crippen LogP contribution in [0.1, 0.15) is 5.56 Å². The molecule has 0 aliphatic carbocycles. The molecule has 33 heavy (non-hydrogen) atoms. The molecule has 2 aromatic carbocycles. The Labute approximate surface area is 209 Å². The predicted molar refractivity (Wildman–Crippen MR) is 134 cm³/mol. The molecule has 0 unspecified atom stereocenters. The summed E-state index contributed by atoms with van der Waals surface area (Å²) in [5.74, 6) is 0.716. The molecule has 6 nitrogen and oxygen atoms in total. The molecule has 1 saturated heterocycles. The number of hydrogen-bond donors (Lipinski definition) is 1. The molecular weight excluding hydrogens is 483 g/mol. The largest absolute Gasteiger partial charge is 0.496 e. The van der Waals surface area contributed by atoms with E-state index in [4.69, 9.17) is 37.8 Å². The minimum Gasteiger partial charge on any atom is -0.496 e. The molecule has 178 valence electrons. The highest BCUT2D eigenvalue weighted by atomic mass is 35.5. The number of hydrogen-bond acceptors (Lipinski definition) is 6. The van der Waals surface area contributed by atoms with Crippen LogP contribution in [-0.2, 0) is 9.53 Å². The van der Waals surface area contributed by atoms with Gasteiger partial charge in [-0.3, -0.25) is 9.69 Å². The second-order valence-corrected chi connectivity index (χ2v) is 9.21. The summed E-state index contributed by atoms with van der Waals surface area (Å²) in [6, 6.07) is 11.5. The maximum atomic E-state index is 12.6. The van der Waals surface area contributed by atoms with Gasteiger partial charge in [0.05, 0.1) is 41.9 Å². The number of aliphatic hydroxyl groups excluding tert-OH is 1. The van der Waals surface area contributed by atoms with Crippen molar-refractivity contribution in [3.05, 3.63) is 58.1 Å². The molecule has 0 saturated carbocycles. The van der Waals surface area contributed by atoms with Crippen molar-refractivity contribution in [1.82, 2.24) is 9.80 Å². The maximum absolute atomic E-state index is 12.6. The van der Waals surface area contributed by atoms with Crippen LogP contribution in [0.3, 0.4) is 0 Å². The molecule has 1 N–H and O–H groups in total. The number of rotatable bonds is 10. The molecule has 0 radical (unpaired) electrons. The van der Waals surface area contributed by atoms with E-state index >= 15 is 0 Å². The summed E-state index contributed by atoms with van der Waals surface area (Å²) in [7, 11) is 1.63. The Kier molecular flexibility index (Phi) is 10.4. The Morgan fingerprint density at radius 2 is 1.82 bits per heavy atom. The molecule has 0 aromatic heterocycles. The van der Waals surface area contributed by atoms with E-state index in [2.05, 4.69) is 4.90 Å². The van der Waals surface area contributed by atoms with Gasteiger partial charge >= 0.3 is 0 Å². The van der Waals surface area contributed by atoms with E-state index in [9.17, 15) is 4.79 Å².